The zero-order chi connectivity index (χ0) is 16.4. The number of fused-ring (bicyclic) bond motifs is 1. The fourth-order valence-corrected chi connectivity index (χ4v) is 2.55. The summed E-state index contributed by atoms with van der Waals surface area (Å²) in [6, 6.07) is 9.98. The van der Waals surface area contributed by atoms with Gasteiger partial charge in [-0.25, -0.2) is 4.98 Å². The molecule has 2 aromatic heterocycles. The molecule has 0 spiro atoms. The lowest BCUT2D eigenvalue weighted by atomic mass is 10.1. The van der Waals surface area contributed by atoms with Crippen LogP contribution in [0.25, 0.3) is 10.9 Å². The number of hydrogen-bond acceptors (Lipinski definition) is 4. The van der Waals surface area contributed by atoms with Crippen molar-refractivity contribution in [2.24, 2.45) is 0 Å². The summed E-state index contributed by atoms with van der Waals surface area (Å²) in [6.45, 7) is 4.43. The predicted octanol–water partition coefficient (Wildman–Crippen LogP) is 3.62. The standard InChI is InChI=1S/C18H19N3O2/c1-12(2)17-16(20-11-23-17)18(22)21(3)10-13-8-14-6-4-5-7-15(14)19-9-13/h4-9,11-12H,10H2,1-3H3. The van der Waals surface area contributed by atoms with Crippen molar-refractivity contribution in [1.82, 2.24) is 14.9 Å². The van der Waals surface area contributed by atoms with E-state index in [4.69, 9.17) is 4.42 Å². The van der Waals surface area contributed by atoms with Gasteiger partial charge in [-0.2, -0.15) is 0 Å². The maximum Gasteiger partial charge on any atom is 0.276 e. The number of para-hydroxylation sites is 1. The third-order valence-electron chi connectivity index (χ3n) is 3.74. The Morgan fingerprint density at radius 1 is 1.26 bits per heavy atom. The molecule has 1 amide bonds. The van der Waals surface area contributed by atoms with E-state index in [9.17, 15) is 4.79 Å². The van der Waals surface area contributed by atoms with Crippen LogP contribution in [0.3, 0.4) is 0 Å². The summed E-state index contributed by atoms with van der Waals surface area (Å²) in [5, 5.41) is 1.06. The van der Waals surface area contributed by atoms with E-state index in [0.29, 0.717) is 18.0 Å². The van der Waals surface area contributed by atoms with Gasteiger partial charge in [-0.1, -0.05) is 32.0 Å². The van der Waals surface area contributed by atoms with Crippen LogP contribution >= 0.6 is 0 Å². The average Bonchev–Trinajstić information content (AvgIpc) is 3.03. The molecular weight excluding hydrogens is 290 g/mol. The first kappa shape index (κ1) is 15.2. The Kier molecular flexibility index (Phi) is 4.10. The summed E-state index contributed by atoms with van der Waals surface area (Å²) in [4.78, 5) is 22.7. The van der Waals surface area contributed by atoms with Crippen molar-refractivity contribution < 1.29 is 9.21 Å². The fraction of sp³-hybridized carbons (Fsp3) is 0.278. The van der Waals surface area contributed by atoms with Gasteiger partial charge in [0.25, 0.3) is 5.91 Å². The monoisotopic (exact) mass is 309 g/mol. The van der Waals surface area contributed by atoms with Crippen LogP contribution < -0.4 is 0 Å². The molecule has 0 fully saturated rings. The van der Waals surface area contributed by atoms with Crippen molar-refractivity contribution in [3.63, 3.8) is 0 Å². The van der Waals surface area contributed by atoms with Gasteiger partial charge in [0, 0.05) is 31.1 Å². The summed E-state index contributed by atoms with van der Waals surface area (Å²) in [5.74, 6) is 0.598. The first-order chi connectivity index (χ1) is 11.1. The topological polar surface area (TPSA) is 59.2 Å². The highest BCUT2D eigenvalue weighted by molar-refractivity contribution is 5.93. The summed E-state index contributed by atoms with van der Waals surface area (Å²) in [6.07, 6.45) is 3.13. The second-order valence-electron chi connectivity index (χ2n) is 5.92. The van der Waals surface area contributed by atoms with E-state index < -0.39 is 0 Å². The molecule has 23 heavy (non-hydrogen) atoms. The minimum absolute atomic E-state index is 0.118. The molecule has 0 radical (unpaired) electrons. The number of carbonyl (C=O) groups excluding carboxylic acids is 1. The number of amides is 1. The number of carbonyl (C=O) groups is 1. The Bertz CT molecular complexity index is 839. The first-order valence-corrected chi connectivity index (χ1v) is 7.58. The Labute approximate surface area is 135 Å². The normalized spacial score (nSPS) is 11.1. The molecule has 0 N–H and O–H groups in total. The van der Waals surface area contributed by atoms with Crippen molar-refractivity contribution >= 4 is 16.8 Å². The molecule has 0 saturated heterocycles. The highest BCUT2D eigenvalue weighted by Gasteiger charge is 2.22. The zero-order valence-corrected chi connectivity index (χ0v) is 13.5. The SMILES string of the molecule is CC(C)c1ocnc1C(=O)N(C)Cc1cnc2ccccc2c1. The van der Waals surface area contributed by atoms with Gasteiger partial charge in [0.2, 0.25) is 0 Å². The van der Waals surface area contributed by atoms with Crippen LogP contribution in [0.5, 0.6) is 0 Å². The average molecular weight is 309 g/mol. The van der Waals surface area contributed by atoms with E-state index in [0.717, 1.165) is 16.5 Å². The summed E-state index contributed by atoms with van der Waals surface area (Å²) in [5.41, 5.74) is 2.31. The molecule has 0 unspecified atom stereocenters. The van der Waals surface area contributed by atoms with E-state index in [-0.39, 0.29) is 11.8 Å². The van der Waals surface area contributed by atoms with E-state index >= 15 is 0 Å². The second-order valence-corrected chi connectivity index (χ2v) is 5.92. The Morgan fingerprint density at radius 2 is 2.04 bits per heavy atom. The maximum absolute atomic E-state index is 12.6. The predicted molar refractivity (Wildman–Crippen MR) is 88.1 cm³/mol. The van der Waals surface area contributed by atoms with Crippen molar-refractivity contribution in [3.05, 3.63) is 59.9 Å². The van der Waals surface area contributed by atoms with Crippen molar-refractivity contribution in [3.8, 4) is 0 Å². The highest BCUT2D eigenvalue weighted by atomic mass is 16.3. The third kappa shape index (κ3) is 3.08. The van der Waals surface area contributed by atoms with Crippen LogP contribution in [-0.2, 0) is 6.54 Å². The van der Waals surface area contributed by atoms with E-state index in [1.165, 1.54) is 6.39 Å². The molecule has 3 rings (SSSR count). The van der Waals surface area contributed by atoms with Crippen molar-refractivity contribution in [2.45, 2.75) is 26.3 Å². The van der Waals surface area contributed by atoms with Gasteiger partial charge in [-0.05, 0) is 17.7 Å². The van der Waals surface area contributed by atoms with Crippen LogP contribution in [0.2, 0.25) is 0 Å². The summed E-state index contributed by atoms with van der Waals surface area (Å²) >= 11 is 0. The zero-order valence-electron chi connectivity index (χ0n) is 13.5. The second kappa shape index (κ2) is 6.20. The molecule has 5 nitrogen and oxygen atoms in total. The van der Waals surface area contributed by atoms with E-state index in [1.807, 2.05) is 38.1 Å². The van der Waals surface area contributed by atoms with Gasteiger partial charge in [-0.3, -0.25) is 9.78 Å². The molecule has 0 aliphatic heterocycles. The third-order valence-corrected chi connectivity index (χ3v) is 3.74. The molecule has 0 saturated carbocycles. The molecular formula is C18H19N3O2. The van der Waals surface area contributed by atoms with Crippen molar-refractivity contribution in [1.29, 1.82) is 0 Å². The smallest absolute Gasteiger partial charge is 0.276 e. The van der Waals surface area contributed by atoms with Gasteiger partial charge < -0.3 is 9.32 Å². The van der Waals surface area contributed by atoms with Crippen LogP contribution in [-0.4, -0.2) is 27.8 Å². The number of rotatable bonds is 4. The Morgan fingerprint density at radius 3 is 2.83 bits per heavy atom. The first-order valence-electron chi connectivity index (χ1n) is 7.58. The summed E-state index contributed by atoms with van der Waals surface area (Å²) < 4.78 is 5.33. The van der Waals surface area contributed by atoms with E-state index in [1.54, 1.807) is 18.1 Å². The Balaban J connectivity index is 1.80. The van der Waals surface area contributed by atoms with Crippen molar-refractivity contribution in [2.75, 3.05) is 7.05 Å². The molecule has 5 heteroatoms. The largest absolute Gasteiger partial charge is 0.447 e. The van der Waals surface area contributed by atoms with Gasteiger partial charge in [0.05, 0.1) is 5.52 Å². The van der Waals surface area contributed by atoms with Crippen LogP contribution in [0.1, 0.15) is 41.6 Å². The number of benzene rings is 1. The van der Waals surface area contributed by atoms with Crippen LogP contribution in [0, 0.1) is 0 Å². The molecule has 118 valence electrons. The van der Waals surface area contributed by atoms with Gasteiger partial charge in [0.15, 0.2) is 12.1 Å². The molecule has 0 aliphatic rings. The quantitative estimate of drug-likeness (QED) is 0.738. The molecule has 3 aromatic rings. The van der Waals surface area contributed by atoms with E-state index in [2.05, 4.69) is 16.0 Å². The number of oxazole rings is 1. The highest BCUT2D eigenvalue weighted by Crippen LogP contribution is 2.20. The number of nitrogens with zero attached hydrogens (tertiary/aromatic N) is 3. The lowest BCUT2D eigenvalue weighted by Crippen LogP contribution is -2.27. The molecule has 2 heterocycles. The molecule has 1 aromatic carbocycles. The Hall–Kier alpha value is -2.69. The van der Waals surface area contributed by atoms with Crippen LogP contribution in [0.4, 0.5) is 0 Å². The number of pyridine rings is 1. The minimum Gasteiger partial charge on any atom is -0.447 e. The molecule has 0 atom stereocenters. The molecule has 0 bridgehead atoms. The maximum atomic E-state index is 12.6. The van der Waals surface area contributed by atoms with Gasteiger partial charge in [-0.15, -0.1) is 0 Å². The lowest BCUT2D eigenvalue weighted by molar-refractivity contribution is 0.0777. The van der Waals surface area contributed by atoms with Crippen LogP contribution in [0.15, 0.2) is 47.3 Å². The lowest BCUT2D eigenvalue weighted by Gasteiger charge is -2.17. The minimum atomic E-state index is -0.143. The molecule has 0 aliphatic carbocycles. The number of hydrogen-bond donors (Lipinski definition) is 0. The fourth-order valence-electron chi connectivity index (χ4n) is 2.55. The summed E-state index contributed by atoms with van der Waals surface area (Å²) in [7, 11) is 1.76. The number of aromatic nitrogens is 2. The van der Waals surface area contributed by atoms with Gasteiger partial charge >= 0.3 is 0 Å². The van der Waals surface area contributed by atoms with Gasteiger partial charge in [0.1, 0.15) is 5.76 Å².